The third kappa shape index (κ3) is 3.16. The average molecular weight is 285 g/mol. The quantitative estimate of drug-likeness (QED) is 0.677. The van der Waals surface area contributed by atoms with Crippen LogP contribution in [0.25, 0.3) is 0 Å². The van der Waals surface area contributed by atoms with E-state index in [1.165, 1.54) is 7.11 Å². The second kappa shape index (κ2) is 6.31. The second-order valence-electron chi connectivity index (χ2n) is 4.72. The zero-order valence-corrected chi connectivity index (χ0v) is 12.5. The van der Waals surface area contributed by atoms with Crippen LogP contribution in [0.3, 0.4) is 0 Å². The van der Waals surface area contributed by atoms with Crippen LogP contribution in [0.15, 0.2) is 36.4 Å². The van der Waals surface area contributed by atoms with E-state index in [2.05, 4.69) is 0 Å². The molecule has 0 heterocycles. The van der Waals surface area contributed by atoms with Crippen molar-refractivity contribution in [3.63, 3.8) is 0 Å². The zero-order valence-electron chi connectivity index (χ0n) is 12.5. The normalized spacial score (nSPS) is 10.2. The molecule has 0 saturated heterocycles. The lowest BCUT2D eigenvalue weighted by atomic mass is 10.00. The van der Waals surface area contributed by atoms with E-state index in [1.807, 2.05) is 32.0 Å². The number of rotatable bonds is 5. The SMILES string of the molecule is CCOc1ccc(C)cc1C(=O)c1ccc(N)c(OC)c1. The highest BCUT2D eigenvalue weighted by atomic mass is 16.5. The van der Waals surface area contributed by atoms with Crippen LogP contribution in [-0.2, 0) is 0 Å². The van der Waals surface area contributed by atoms with Crippen molar-refractivity contribution in [3.05, 3.63) is 53.1 Å². The van der Waals surface area contributed by atoms with Crippen LogP contribution in [-0.4, -0.2) is 19.5 Å². The highest BCUT2D eigenvalue weighted by Gasteiger charge is 2.16. The van der Waals surface area contributed by atoms with Crippen LogP contribution in [0.4, 0.5) is 5.69 Å². The molecule has 0 spiro atoms. The highest BCUT2D eigenvalue weighted by Crippen LogP contribution is 2.27. The van der Waals surface area contributed by atoms with E-state index in [-0.39, 0.29) is 5.78 Å². The minimum atomic E-state index is -0.111. The maximum absolute atomic E-state index is 12.7. The van der Waals surface area contributed by atoms with Crippen molar-refractivity contribution in [3.8, 4) is 11.5 Å². The van der Waals surface area contributed by atoms with Crippen molar-refractivity contribution in [2.75, 3.05) is 19.5 Å². The third-order valence-corrected chi connectivity index (χ3v) is 3.18. The van der Waals surface area contributed by atoms with E-state index in [1.54, 1.807) is 18.2 Å². The Hall–Kier alpha value is -2.49. The molecule has 0 radical (unpaired) electrons. The molecule has 0 aliphatic heterocycles. The summed E-state index contributed by atoms with van der Waals surface area (Å²) in [5.74, 6) is 0.968. The first-order valence-corrected chi connectivity index (χ1v) is 6.78. The Morgan fingerprint density at radius 3 is 2.57 bits per heavy atom. The van der Waals surface area contributed by atoms with Crippen LogP contribution < -0.4 is 15.2 Å². The van der Waals surface area contributed by atoms with Crippen molar-refractivity contribution < 1.29 is 14.3 Å². The van der Waals surface area contributed by atoms with Gasteiger partial charge in [-0.1, -0.05) is 11.6 Å². The molecule has 0 aliphatic rings. The van der Waals surface area contributed by atoms with Gasteiger partial charge in [-0.15, -0.1) is 0 Å². The summed E-state index contributed by atoms with van der Waals surface area (Å²) in [4.78, 5) is 12.7. The number of aryl methyl sites for hydroxylation is 1. The zero-order chi connectivity index (χ0) is 15.4. The molecule has 0 aromatic heterocycles. The Labute approximate surface area is 124 Å². The summed E-state index contributed by atoms with van der Waals surface area (Å²) in [7, 11) is 1.53. The van der Waals surface area contributed by atoms with Gasteiger partial charge in [0.2, 0.25) is 0 Å². The fourth-order valence-corrected chi connectivity index (χ4v) is 2.11. The van der Waals surface area contributed by atoms with Gasteiger partial charge in [0.05, 0.1) is 25.0 Å². The summed E-state index contributed by atoms with van der Waals surface area (Å²) in [5, 5.41) is 0. The predicted octanol–water partition coefficient (Wildman–Crippen LogP) is 3.22. The number of nitrogen functional groups attached to an aromatic ring is 1. The molecule has 2 rings (SSSR count). The van der Waals surface area contributed by atoms with E-state index < -0.39 is 0 Å². The lowest BCUT2D eigenvalue weighted by molar-refractivity contribution is 0.103. The summed E-state index contributed by atoms with van der Waals surface area (Å²) in [5.41, 5.74) is 8.35. The molecule has 0 atom stereocenters. The van der Waals surface area contributed by atoms with Crippen molar-refractivity contribution in [2.24, 2.45) is 0 Å². The molecule has 110 valence electrons. The molecule has 0 bridgehead atoms. The Balaban J connectivity index is 2.46. The number of hydrogen-bond donors (Lipinski definition) is 1. The Morgan fingerprint density at radius 2 is 1.90 bits per heavy atom. The van der Waals surface area contributed by atoms with Crippen molar-refractivity contribution in [1.29, 1.82) is 0 Å². The largest absolute Gasteiger partial charge is 0.495 e. The van der Waals surface area contributed by atoms with Gasteiger partial charge >= 0.3 is 0 Å². The summed E-state index contributed by atoms with van der Waals surface area (Å²) in [6, 6.07) is 10.6. The first-order valence-electron chi connectivity index (χ1n) is 6.78. The molecule has 0 saturated carbocycles. The number of ketones is 1. The highest BCUT2D eigenvalue weighted by molar-refractivity contribution is 6.11. The predicted molar refractivity (Wildman–Crippen MR) is 83.2 cm³/mol. The molecule has 2 aromatic carbocycles. The molecule has 0 aliphatic carbocycles. The fraction of sp³-hybridized carbons (Fsp3) is 0.235. The number of anilines is 1. The Kier molecular flexibility index (Phi) is 4.48. The molecule has 2 aromatic rings. The maximum Gasteiger partial charge on any atom is 0.196 e. The molecule has 0 fully saturated rings. The van der Waals surface area contributed by atoms with Gasteiger partial charge in [0.15, 0.2) is 5.78 Å². The standard InChI is InChI=1S/C17H19NO3/c1-4-21-15-8-5-11(2)9-13(15)17(19)12-6-7-14(18)16(10-12)20-3/h5-10H,4,18H2,1-3H3. The Morgan fingerprint density at radius 1 is 1.14 bits per heavy atom. The minimum absolute atomic E-state index is 0.111. The van der Waals surface area contributed by atoms with Crippen LogP contribution in [0.1, 0.15) is 28.4 Å². The van der Waals surface area contributed by atoms with E-state index in [4.69, 9.17) is 15.2 Å². The van der Waals surface area contributed by atoms with Gasteiger partial charge in [0.1, 0.15) is 11.5 Å². The van der Waals surface area contributed by atoms with Crippen LogP contribution >= 0.6 is 0 Å². The Bertz CT molecular complexity index is 665. The van der Waals surface area contributed by atoms with Gasteiger partial charge in [-0.3, -0.25) is 4.79 Å². The van der Waals surface area contributed by atoms with E-state index in [9.17, 15) is 4.79 Å². The van der Waals surface area contributed by atoms with Gasteiger partial charge in [-0.2, -0.15) is 0 Å². The molecular weight excluding hydrogens is 266 g/mol. The number of hydrogen-bond acceptors (Lipinski definition) is 4. The summed E-state index contributed by atoms with van der Waals surface area (Å²) >= 11 is 0. The van der Waals surface area contributed by atoms with Crippen LogP contribution in [0.5, 0.6) is 11.5 Å². The molecule has 4 nitrogen and oxygen atoms in total. The topological polar surface area (TPSA) is 61.5 Å². The van der Waals surface area contributed by atoms with E-state index in [0.717, 1.165) is 5.56 Å². The lowest BCUT2D eigenvalue weighted by Gasteiger charge is -2.11. The minimum Gasteiger partial charge on any atom is -0.495 e. The molecule has 2 N–H and O–H groups in total. The van der Waals surface area contributed by atoms with Gasteiger partial charge in [0, 0.05) is 5.56 Å². The molecule has 0 unspecified atom stereocenters. The van der Waals surface area contributed by atoms with Crippen LogP contribution in [0.2, 0.25) is 0 Å². The maximum atomic E-state index is 12.7. The summed E-state index contributed by atoms with van der Waals surface area (Å²) in [6.07, 6.45) is 0. The first-order chi connectivity index (χ1) is 10.1. The molecular formula is C17H19NO3. The molecule has 0 amide bonds. The fourth-order valence-electron chi connectivity index (χ4n) is 2.11. The number of nitrogens with two attached hydrogens (primary N) is 1. The second-order valence-corrected chi connectivity index (χ2v) is 4.72. The molecule has 4 heteroatoms. The summed E-state index contributed by atoms with van der Waals surface area (Å²) in [6.45, 7) is 4.34. The van der Waals surface area contributed by atoms with Gasteiger partial charge in [-0.25, -0.2) is 0 Å². The van der Waals surface area contributed by atoms with Gasteiger partial charge in [0.25, 0.3) is 0 Å². The number of methoxy groups -OCH3 is 1. The van der Waals surface area contributed by atoms with Crippen molar-refractivity contribution in [1.82, 2.24) is 0 Å². The number of carbonyl (C=O) groups excluding carboxylic acids is 1. The van der Waals surface area contributed by atoms with Crippen LogP contribution in [0, 0.1) is 6.92 Å². The third-order valence-electron chi connectivity index (χ3n) is 3.18. The van der Waals surface area contributed by atoms with E-state index in [0.29, 0.717) is 34.9 Å². The lowest BCUT2D eigenvalue weighted by Crippen LogP contribution is -2.06. The van der Waals surface area contributed by atoms with Crippen molar-refractivity contribution in [2.45, 2.75) is 13.8 Å². The average Bonchev–Trinajstić information content (AvgIpc) is 2.49. The van der Waals surface area contributed by atoms with Gasteiger partial charge in [-0.05, 0) is 44.2 Å². The number of benzene rings is 2. The number of carbonyl (C=O) groups is 1. The summed E-state index contributed by atoms with van der Waals surface area (Å²) < 4.78 is 10.7. The van der Waals surface area contributed by atoms with Crippen molar-refractivity contribution >= 4 is 11.5 Å². The first kappa shape index (κ1) is 14.9. The van der Waals surface area contributed by atoms with E-state index >= 15 is 0 Å². The monoisotopic (exact) mass is 285 g/mol. The smallest absolute Gasteiger partial charge is 0.196 e. The molecule has 21 heavy (non-hydrogen) atoms. The van der Waals surface area contributed by atoms with Gasteiger partial charge < -0.3 is 15.2 Å². The number of ether oxygens (including phenoxy) is 2.